The second-order valence-corrected chi connectivity index (χ2v) is 7.17. The molecule has 1 atom stereocenters. The monoisotopic (exact) mass is 402 g/mol. The normalized spacial score (nSPS) is 17.0. The molecule has 1 heterocycles. The van der Waals surface area contributed by atoms with Gasteiger partial charge in [0.15, 0.2) is 0 Å². The Bertz CT molecular complexity index is 687. The molecule has 0 aliphatic carbocycles. The van der Waals surface area contributed by atoms with E-state index in [1.807, 2.05) is 42.5 Å². The number of amides is 1. The molecule has 2 aromatic rings. The predicted molar refractivity (Wildman–Crippen MR) is 103 cm³/mol. The van der Waals surface area contributed by atoms with Crippen molar-refractivity contribution >= 4 is 27.5 Å². The molecule has 0 saturated carbocycles. The van der Waals surface area contributed by atoms with Crippen LogP contribution in [0.3, 0.4) is 0 Å². The number of carbonyl (C=O) groups is 1. The number of anilines is 1. The molecular formula is C20H23BrN2O2. The van der Waals surface area contributed by atoms with Crippen molar-refractivity contribution < 1.29 is 9.53 Å². The first kappa shape index (κ1) is 18.1. The summed E-state index contributed by atoms with van der Waals surface area (Å²) in [4.78, 5) is 14.7. The molecule has 4 nitrogen and oxygen atoms in total. The SMILES string of the molecule is O=C(CN(Cc1ccccc1)CC1CCCO1)Nc1ccccc1Br. The molecule has 1 fully saturated rings. The van der Waals surface area contributed by atoms with E-state index in [-0.39, 0.29) is 12.0 Å². The Morgan fingerprint density at radius 2 is 1.92 bits per heavy atom. The second kappa shape index (κ2) is 9.13. The number of ether oxygens (including phenoxy) is 1. The van der Waals surface area contributed by atoms with Crippen molar-refractivity contribution in [2.75, 3.05) is 25.0 Å². The number of para-hydroxylation sites is 1. The van der Waals surface area contributed by atoms with Crippen molar-refractivity contribution in [1.82, 2.24) is 4.90 Å². The Morgan fingerprint density at radius 1 is 1.16 bits per heavy atom. The first-order chi connectivity index (χ1) is 12.2. The summed E-state index contributed by atoms with van der Waals surface area (Å²) in [5.74, 6) is -0.0131. The topological polar surface area (TPSA) is 41.6 Å². The molecule has 25 heavy (non-hydrogen) atoms. The van der Waals surface area contributed by atoms with Gasteiger partial charge in [-0.1, -0.05) is 42.5 Å². The maximum Gasteiger partial charge on any atom is 0.238 e. The van der Waals surface area contributed by atoms with Crippen molar-refractivity contribution in [3.63, 3.8) is 0 Å². The van der Waals surface area contributed by atoms with Crippen LogP contribution in [0.1, 0.15) is 18.4 Å². The van der Waals surface area contributed by atoms with Crippen molar-refractivity contribution in [1.29, 1.82) is 0 Å². The number of benzene rings is 2. The number of hydrogen-bond acceptors (Lipinski definition) is 3. The van der Waals surface area contributed by atoms with Gasteiger partial charge in [0.25, 0.3) is 0 Å². The summed E-state index contributed by atoms with van der Waals surface area (Å²) in [6.07, 6.45) is 2.39. The third-order valence-corrected chi connectivity index (χ3v) is 4.94. The summed E-state index contributed by atoms with van der Waals surface area (Å²) >= 11 is 3.47. The standard InChI is InChI=1S/C20H23BrN2O2/c21-18-10-4-5-11-19(18)22-20(24)15-23(14-17-9-6-12-25-17)13-16-7-2-1-3-8-16/h1-5,7-8,10-11,17H,6,9,12-15H2,(H,22,24). The van der Waals surface area contributed by atoms with Crippen molar-refractivity contribution in [3.05, 3.63) is 64.6 Å². The van der Waals surface area contributed by atoms with Crippen LogP contribution >= 0.6 is 15.9 Å². The molecule has 0 aromatic heterocycles. The van der Waals surface area contributed by atoms with Crippen LogP contribution in [0.2, 0.25) is 0 Å². The summed E-state index contributed by atoms with van der Waals surface area (Å²) in [6, 6.07) is 17.9. The molecule has 0 bridgehead atoms. The highest BCUT2D eigenvalue weighted by Gasteiger charge is 2.21. The Hall–Kier alpha value is -1.69. The number of nitrogens with zero attached hydrogens (tertiary/aromatic N) is 1. The average Bonchev–Trinajstić information content (AvgIpc) is 3.11. The van der Waals surface area contributed by atoms with E-state index >= 15 is 0 Å². The molecule has 0 spiro atoms. The molecule has 1 aliphatic rings. The van der Waals surface area contributed by atoms with Gasteiger partial charge in [0, 0.05) is 24.2 Å². The zero-order chi connectivity index (χ0) is 17.5. The summed E-state index contributed by atoms with van der Waals surface area (Å²) in [5.41, 5.74) is 2.00. The molecule has 3 rings (SSSR count). The lowest BCUT2D eigenvalue weighted by atomic mass is 10.2. The Morgan fingerprint density at radius 3 is 2.64 bits per heavy atom. The Kier molecular flexibility index (Phi) is 6.62. The van der Waals surface area contributed by atoms with Gasteiger partial charge in [0.1, 0.15) is 0 Å². The highest BCUT2D eigenvalue weighted by atomic mass is 79.9. The molecule has 1 saturated heterocycles. The number of halogens is 1. The number of hydrogen-bond donors (Lipinski definition) is 1. The molecule has 0 radical (unpaired) electrons. The summed E-state index contributed by atoms with van der Waals surface area (Å²) < 4.78 is 6.65. The van der Waals surface area contributed by atoms with Crippen LogP contribution in [0, 0.1) is 0 Å². The third-order valence-electron chi connectivity index (χ3n) is 4.25. The van der Waals surface area contributed by atoms with Crippen LogP contribution in [0.4, 0.5) is 5.69 Å². The molecule has 1 aliphatic heterocycles. The summed E-state index contributed by atoms with van der Waals surface area (Å²) in [5, 5.41) is 2.98. The van der Waals surface area contributed by atoms with Gasteiger partial charge in [-0.25, -0.2) is 0 Å². The Balaban J connectivity index is 1.63. The van der Waals surface area contributed by atoms with Crippen molar-refractivity contribution in [3.8, 4) is 0 Å². The molecular weight excluding hydrogens is 380 g/mol. The van der Waals surface area contributed by atoms with Crippen molar-refractivity contribution in [2.24, 2.45) is 0 Å². The lowest BCUT2D eigenvalue weighted by molar-refractivity contribution is -0.117. The minimum atomic E-state index is -0.0131. The summed E-state index contributed by atoms with van der Waals surface area (Å²) in [6.45, 7) is 2.69. The van der Waals surface area contributed by atoms with E-state index < -0.39 is 0 Å². The van der Waals surface area contributed by atoms with E-state index in [9.17, 15) is 4.79 Å². The molecule has 1 N–H and O–H groups in total. The van der Waals surface area contributed by atoms with Crippen LogP contribution in [0.25, 0.3) is 0 Å². The van der Waals surface area contributed by atoms with Gasteiger partial charge in [-0.2, -0.15) is 0 Å². The van der Waals surface area contributed by atoms with Gasteiger partial charge in [0.05, 0.1) is 18.3 Å². The Labute approximate surface area is 157 Å². The highest BCUT2D eigenvalue weighted by molar-refractivity contribution is 9.10. The number of nitrogens with one attached hydrogen (secondary N) is 1. The van der Waals surface area contributed by atoms with Crippen LogP contribution in [-0.4, -0.2) is 36.6 Å². The molecule has 1 unspecified atom stereocenters. The van der Waals surface area contributed by atoms with Crippen LogP contribution in [0.5, 0.6) is 0 Å². The zero-order valence-corrected chi connectivity index (χ0v) is 15.7. The van der Waals surface area contributed by atoms with Crippen LogP contribution in [-0.2, 0) is 16.1 Å². The fourth-order valence-electron chi connectivity index (χ4n) is 3.06. The van der Waals surface area contributed by atoms with Gasteiger partial charge in [-0.15, -0.1) is 0 Å². The van der Waals surface area contributed by atoms with Gasteiger partial charge < -0.3 is 10.1 Å². The highest BCUT2D eigenvalue weighted by Crippen LogP contribution is 2.21. The summed E-state index contributed by atoms with van der Waals surface area (Å²) in [7, 11) is 0. The van der Waals surface area contributed by atoms with Crippen LogP contribution < -0.4 is 5.32 Å². The maximum absolute atomic E-state index is 12.5. The largest absolute Gasteiger partial charge is 0.377 e. The third kappa shape index (κ3) is 5.66. The minimum Gasteiger partial charge on any atom is -0.377 e. The molecule has 1 amide bonds. The van der Waals surface area contributed by atoms with E-state index in [0.717, 1.165) is 42.7 Å². The number of carbonyl (C=O) groups excluding carboxylic acids is 1. The lowest BCUT2D eigenvalue weighted by Crippen LogP contribution is -2.38. The lowest BCUT2D eigenvalue weighted by Gasteiger charge is -2.25. The van der Waals surface area contributed by atoms with Gasteiger partial charge in [0.2, 0.25) is 5.91 Å². The average molecular weight is 403 g/mol. The second-order valence-electron chi connectivity index (χ2n) is 6.32. The predicted octanol–water partition coefficient (Wildman–Crippen LogP) is 4.07. The van der Waals surface area contributed by atoms with E-state index in [1.165, 1.54) is 5.56 Å². The van der Waals surface area contributed by atoms with Gasteiger partial charge >= 0.3 is 0 Å². The first-order valence-electron chi connectivity index (χ1n) is 8.63. The maximum atomic E-state index is 12.5. The van der Waals surface area contributed by atoms with E-state index in [0.29, 0.717) is 6.54 Å². The van der Waals surface area contributed by atoms with E-state index in [1.54, 1.807) is 0 Å². The molecule has 2 aromatic carbocycles. The minimum absolute atomic E-state index is 0.0131. The first-order valence-corrected chi connectivity index (χ1v) is 9.42. The fraction of sp³-hybridized carbons (Fsp3) is 0.350. The van der Waals surface area contributed by atoms with E-state index in [2.05, 4.69) is 38.3 Å². The van der Waals surface area contributed by atoms with Crippen molar-refractivity contribution in [2.45, 2.75) is 25.5 Å². The quantitative estimate of drug-likeness (QED) is 0.758. The zero-order valence-electron chi connectivity index (χ0n) is 14.2. The van der Waals surface area contributed by atoms with Gasteiger partial charge in [-0.05, 0) is 46.5 Å². The van der Waals surface area contributed by atoms with E-state index in [4.69, 9.17) is 4.74 Å². The molecule has 5 heteroatoms. The van der Waals surface area contributed by atoms with Crippen LogP contribution in [0.15, 0.2) is 59.1 Å². The fourth-order valence-corrected chi connectivity index (χ4v) is 3.44. The van der Waals surface area contributed by atoms with Gasteiger partial charge in [-0.3, -0.25) is 9.69 Å². The smallest absolute Gasteiger partial charge is 0.238 e. The molecule has 132 valence electrons. The number of rotatable bonds is 7.